The van der Waals surface area contributed by atoms with Gasteiger partial charge in [-0.3, -0.25) is 24.1 Å². The fourth-order valence-corrected chi connectivity index (χ4v) is 11.8. The highest BCUT2D eigenvalue weighted by Crippen LogP contribution is 2.88. The first-order valence-corrected chi connectivity index (χ1v) is 21.2. The van der Waals surface area contributed by atoms with Gasteiger partial charge in [0.05, 0.1) is 6.04 Å². The summed E-state index contributed by atoms with van der Waals surface area (Å²) in [5.41, 5.74) is 4.53. The largest absolute Gasteiger partial charge is 0.363 e. The summed E-state index contributed by atoms with van der Waals surface area (Å²) in [6, 6.07) is -3.14. The van der Waals surface area contributed by atoms with Crippen molar-refractivity contribution in [2.75, 3.05) is 39.8 Å². The second-order valence-electron chi connectivity index (χ2n) is 20.6. The van der Waals surface area contributed by atoms with Gasteiger partial charge in [0, 0.05) is 49.7 Å². The third kappa shape index (κ3) is 7.43. The average molecular weight is 754 g/mol. The molecule has 12 heteroatoms. The summed E-state index contributed by atoms with van der Waals surface area (Å²) in [5.74, 6) is -1.93. The molecule has 54 heavy (non-hydrogen) atoms. The van der Waals surface area contributed by atoms with Gasteiger partial charge in [-0.15, -0.1) is 0 Å². The number of Topliss-reactive ketones (excluding diaryl/α,β-unsaturated/α-hetero) is 1. The lowest BCUT2D eigenvalue weighted by Crippen LogP contribution is -2.64. The van der Waals surface area contributed by atoms with Gasteiger partial charge in [-0.2, -0.15) is 0 Å². The van der Waals surface area contributed by atoms with Crippen molar-refractivity contribution in [3.8, 4) is 0 Å². The molecule has 0 aromatic heterocycles. The molecular weight excluding hydrogens is 683 g/mol. The molecule has 6 fully saturated rings. The van der Waals surface area contributed by atoms with Crippen LogP contribution in [0.5, 0.6) is 0 Å². The van der Waals surface area contributed by atoms with E-state index in [1.54, 1.807) is 4.90 Å². The van der Waals surface area contributed by atoms with Gasteiger partial charge in [0.25, 0.3) is 5.91 Å². The minimum absolute atomic E-state index is 0.0311. The fourth-order valence-electron chi connectivity index (χ4n) is 11.8. The van der Waals surface area contributed by atoms with E-state index in [4.69, 9.17) is 5.73 Å². The highest BCUT2D eigenvalue weighted by molar-refractivity contribution is 6.37. The van der Waals surface area contributed by atoms with Crippen molar-refractivity contribution in [2.45, 2.75) is 162 Å². The van der Waals surface area contributed by atoms with Gasteiger partial charge in [0.1, 0.15) is 12.1 Å². The Morgan fingerprint density at radius 2 is 1.48 bits per heavy atom. The van der Waals surface area contributed by atoms with E-state index in [1.165, 1.54) is 6.42 Å². The molecule has 4 saturated carbocycles. The number of amides is 5. The van der Waals surface area contributed by atoms with Crippen LogP contribution in [0.25, 0.3) is 0 Å². The number of likely N-dealkylation sites (N-methyl/N-ethyl adjacent to an activating group) is 1. The lowest BCUT2D eigenvalue weighted by atomic mass is 9.73. The normalized spacial score (nSPS) is 29.8. The lowest BCUT2D eigenvalue weighted by molar-refractivity contribution is -0.143. The summed E-state index contributed by atoms with van der Waals surface area (Å²) in [4.78, 5) is 75.2. The first-order chi connectivity index (χ1) is 25.2. The van der Waals surface area contributed by atoms with Crippen LogP contribution in [0.2, 0.25) is 0 Å². The molecule has 5 N–H and O–H groups in total. The maximum Gasteiger partial charge on any atom is 0.315 e. The highest BCUT2D eigenvalue weighted by atomic mass is 16.2. The average Bonchev–Trinajstić information content (AvgIpc) is 3.26. The summed E-state index contributed by atoms with van der Waals surface area (Å²) in [6.07, 6.45) is 12.8. The second-order valence-corrected chi connectivity index (χ2v) is 20.6. The molecule has 5 atom stereocenters. The van der Waals surface area contributed by atoms with Crippen LogP contribution >= 0.6 is 0 Å². The number of fused-ring (bicyclic) bond motifs is 1. The topological polar surface area (TPSA) is 157 Å². The van der Waals surface area contributed by atoms with E-state index in [-0.39, 0.29) is 45.7 Å². The van der Waals surface area contributed by atoms with Crippen molar-refractivity contribution >= 4 is 29.5 Å². The number of hydrogen-bond acceptors (Lipinski definition) is 7. The number of nitrogens with one attached hydrogen (secondary N) is 3. The van der Waals surface area contributed by atoms with Gasteiger partial charge in [0.2, 0.25) is 17.6 Å². The van der Waals surface area contributed by atoms with E-state index in [1.807, 2.05) is 20.8 Å². The maximum absolute atomic E-state index is 15.0. The number of primary amides is 1. The van der Waals surface area contributed by atoms with Crippen LogP contribution in [0, 0.1) is 33.5 Å². The number of likely N-dealkylation sites (tertiary alicyclic amines) is 1. The van der Waals surface area contributed by atoms with Gasteiger partial charge < -0.3 is 31.5 Å². The number of ketones is 1. The molecule has 2 saturated heterocycles. The molecule has 2 spiro atoms. The number of urea groups is 1. The first-order valence-electron chi connectivity index (χ1n) is 21.2. The lowest BCUT2D eigenvalue weighted by Gasteiger charge is -2.48. The molecule has 1 unspecified atom stereocenters. The minimum atomic E-state index is -1.06. The van der Waals surface area contributed by atoms with Gasteiger partial charge in [-0.05, 0) is 87.5 Å². The number of hydrogen-bond donors (Lipinski definition) is 4. The standard InChI is InChI=1S/C42H71N7O5/c1-38(2,3)33(46-37(54)45-30(28-16-10-9-11-17-28)24-48-21-20-47(8)25-39(48,4)5)36(53)49-26-42(40(6,7)41(42)18-13-19-41)23-31(49)35(52)44-29(32(50)34(43)51)22-27-14-12-15-27/h27-31,33H,9-26H2,1-8H3,(H2,43,51)(H,44,52)(H2,45,46,54)/t29?,30-,31+,33-,42-/m1/s1. The van der Waals surface area contributed by atoms with Crippen molar-refractivity contribution in [3.05, 3.63) is 0 Å². The molecule has 6 aliphatic rings. The van der Waals surface area contributed by atoms with E-state index >= 15 is 4.79 Å². The number of rotatable bonds is 12. The maximum atomic E-state index is 15.0. The molecule has 4 aliphatic carbocycles. The van der Waals surface area contributed by atoms with Crippen LogP contribution < -0.4 is 21.7 Å². The van der Waals surface area contributed by atoms with Crippen LogP contribution in [0.15, 0.2) is 0 Å². The number of nitrogens with two attached hydrogens (primary N) is 1. The third-order valence-electron chi connectivity index (χ3n) is 15.7. The monoisotopic (exact) mass is 754 g/mol. The van der Waals surface area contributed by atoms with Gasteiger partial charge in [-0.1, -0.05) is 79.6 Å². The van der Waals surface area contributed by atoms with Crippen LogP contribution in [-0.4, -0.2) is 114 Å². The molecule has 0 aromatic carbocycles. The van der Waals surface area contributed by atoms with E-state index < -0.39 is 41.1 Å². The molecular formula is C42H71N7O5. The molecule has 6 rings (SSSR count). The molecule has 304 valence electrons. The Kier molecular flexibility index (Phi) is 11.3. The predicted molar refractivity (Wildman–Crippen MR) is 209 cm³/mol. The number of nitrogens with zero attached hydrogens (tertiary/aromatic N) is 3. The number of carbonyl (C=O) groups excluding carboxylic acids is 5. The van der Waals surface area contributed by atoms with Crippen LogP contribution in [0.1, 0.15) is 132 Å². The molecule has 0 radical (unpaired) electrons. The molecule has 2 aliphatic heterocycles. The smallest absolute Gasteiger partial charge is 0.315 e. The van der Waals surface area contributed by atoms with Gasteiger partial charge >= 0.3 is 6.03 Å². The minimum Gasteiger partial charge on any atom is -0.363 e. The summed E-state index contributed by atoms with van der Waals surface area (Å²) in [5, 5.41) is 9.44. The third-order valence-corrected chi connectivity index (χ3v) is 15.7. The van der Waals surface area contributed by atoms with Crippen molar-refractivity contribution in [1.82, 2.24) is 30.7 Å². The predicted octanol–water partition coefficient (Wildman–Crippen LogP) is 4.20. The van der Waals surface area contributed by atoms with Crippen LogP contribution in [0.3, 0.4) is 0 Å². The Hall–Kier alpha value is -2.73. The van der Waals surface area contributed by atoms with E-state index in [0.717, 1.165) is 90.4 Å². The van der Waals surface area contributed by atoms with Crippen molar-refractivity contribution in [3.63, 3.8) is 0 Å². The summed E-state index contributed by atoms with van der Waals surface area (Å²) >= 11 is 0. The molecule has 2 heterocycles. The fraction of sp³-hybridized carbons (Fsp3) is 0.881. The van der Waals surface area contributed by atoms with Gasteiger partial charge in [0.15, 0.2) is 0 Å². The number of carbonyl (C=O) groups is 5. The Morgan fingerprint density at radius 3 is 2.00 bits per heavy atom. The van der Waals surface area contributed by atoms with E-state index in [2.05, 4.69) is 60.5 Å². The van der Waals surface area contributed by atoms with E-state index in [9.17, 15) is 19.2 Å². The molecule has 0 aromatic rings. The Morgan fingerprint density at radius 1 is 0.815 bits per heavy atom. The zero-order chi connectivity index (χ0) is 39.4. The molecule has 12 nitrogen and oxygen atoms in total. The zero-order valence-corrected chi connectivity index (χ0v) is 34.7. The Bertz CT molecular complexity index is 1460. The van der Waals surface area contributed by atoms with E-state index in [0.29, 0.717) is 25.3 Å². The summed E-state index contributed by atoms with van der Waals surface area (Å²) in [6.45, 7) is 19.0. The van der Waals surface area contributed by atoms with Gasteiger partial charge in [-0.25, -0.2) is 4.79 Å². The second kappa shape index (κ2) is 15.0. The Labute approximate surface area is 324 Å². The number of piperazine rings is 1. The van der Waals surface area contributed by atoms with Crippen LogP contribution in [0.4, 0.5) is 4.79 Å². The first kappa shape index (κ1) is 40.9. The summed E-state index contributed by atoms with van der Waals surface area (Å²) < 4.78 is 0. The van der Waals surface area contributed by atoms with Crippen molar-refractivity contribution in [1.29, 1.82) is 0 Å². The van der Waals surface area contributed by atoms with Crippen molar-refractivity contribution < 1.29 is 24.0 Å². The van der Waals surface area contributed by atoms with Crippen molar-refractivity contribution in [2.24, 2.45) is 39.2 Å². The SMILES string of the molecule is CN1CCN(C[C@@H](NC(=O)N[C@H](C(=O)N2C[C@]3(C[C@H]2C(=O)NC(CC2CCC2)C(=O)C(N)=O)C(C)(C)C32CCC2)C(C)(C)C)C2CCCCC2)C(C)(C)C1. The summed E-state index contributed by atoms with van der Waals surface area (Å²) in [7, 11) is 2.16. The highest BCUT2D eigenvalue weighted by Gasteiger charge is 2.85. The quantitative estimate of drug-likeness (QED) is 0.218. The zero-order valence-electron chi connectivity index (χ0n) is 34.7. The molecule has 5 amide bonds. The Balaban J connectivity index is 1.23. The molecule has 0 bridgehead atoms. The van der Waals surface area contributed by atoms with Crippen LogP contribution in [-0.2, 0) is 19.2 Å².